The number of anilines is 2. The molecule has 0 radical (unpaired) electrons. The molecule has 130 valence electrons. The maximum atomic E-state index is 12.1. The Morgan fingerprint density at radius 2 is 1.92 bits per heavy atom. The monoisotopic (exact) mass is 329 g/mol. The summed E-state index contributed by atoms with van der Waals surface area (Å²) in [5.74, 6) is -0.0297. The first-order valence-corrected chi connectivity index (χ1v) is 9.24. The van der Waals surface area contributed by atoms with E-state index in [0.717, 1.165) is 36.8 Å². The Labute approximate surface area is 143 Å². The van der Waals surface area contributed by atoms with Gasteiger partial charge in [0.05, 0.1) is 0 Å². The smallest absolute Gasteiger partial charge is 0.253 e. The zero-order valence-electron chi connectivity index (χ0n) is 14.3. The standard InChI is InChI=1S/C19H27N3O2/c1-13-11-16(12-22(13)17-8-9-17)20-14-4-6-15(7-5-14)21-19(23)18-3-2-10-24-18/h4-7,13,16-18,20H,2-3,8-12H2,1H3,(H,21,23)/t13-,16+,18-/m1/s1. The van der Waals surface area contributed by atoms with Crippen LogP contribution in [0.3, 0.4) is 0 Å². The Hall–Kier alpha value is -1.59. The maximum absolute atomic E-state index is 12.1. The molecular formula is C19H27N3O2. The van der Waals surface area contributed by atoms with Gasteiger partial charge in [0, 0.05) is 42.7 Å². The SMILES string of the molecule is C[C@@H]1C[C@H](Nc2ccc(NC(=O)[C@H]3CCCO3)cc2)CN1C1CC1. The van der Waals surface area contributed by atoms with Gasteiger partial charge in [-0.3, -0.25) is 9.69 Å². The number of nitrogens with zero attached hydrogens (tertiary/aromatic N) is 1. The molecule has 3 aliphatic rings. The van der Waals surface area contributed by atoms with E-state index >= 15 is 0 Å². The highest BCUT2D eigenvalue weighted by atomic mass is 16.5. The first-order valence-electron chi connectivity index (χ1n) is 9.24. The highest BCUT2D eigenvalue weighted by Gasteiger charge is 2.38. The van der Waals surface area contributed by atoms with Gasteiger partial charge in [0.2, 0.25) is 0 Å². The minimum Gasteiger partial charge on any atom is -0.381 e. The number of nitrogens with one attached hydrogen (secondary N) is 2. The number of benzene rings is 1. The molecule has 1 saturated carbocycles. The van der Waals surface area contributed by atoms with Crippen LogP contribution in [-0.4, -0.2) is 48.2 Å². The van der Waals surface area contributed by atoms with Crippen molar-refractivity contribution in [3.63, 3.8) is 0 Å². The van der Waals surface area contributed by atoms with Crippen LogP contribution in [0.25, 0.3) is 0 Å². The van der Waals surface area contributed by atoms with E-state index in [9.17, 15) is 4.79 Å². The molecule has 0 spiro atoms. The van der Waals surface area contributed by atoms with Gasteiger partial charge in [-0.05, 0) is 63.3 Å². The number of carbonyl (C=O) groups is 1. The molecule has 5 heteroatoms. The van der Waals surface area contributed by atoms with Crippen molar-refractivity contribution >= 4 is 17.3 Å². The van der Waals surface area contributed by atoms with Gasteiger partial charge >= 0.3 is 0 Å². The molecule has 0 bridgehead atoms. The van der Waals surface area contributed by atoms with Crippen LogP contribution in [-0.2, 0) is 9.53 Å². The lowest BCUT2D eigenvalue weighted by atomic mass is 10.1. The van der Waals surface area contributed by atoms with Crippen LogP contribution in [0.5, 0.6) is 0 Å². The van der Waals surface area contributed by atoms with Crippen molar-refractivity contribution in [2.24, 2.45) is 0 Å². The molecule has 1 aliphatic carbocycles. The van der Waals surface area contributed by atoms with Crippen molar-refractivity contribution in [1.82, 2.24) is 4.90 Å². The second-order valence-electron chi connectivity index (χ2n) is 7.42. The van der Waals surface area contributed by atoms with Crippen molar-refractivity contribution in [1.29, 1.82) is 0 Å². The Morgan fingerprint density at radius 3 is 2.58 bits per heavy atom. The summed E-state index contributed by atoms with van der Waals surface area (Å²) in [5.41, 5.74) is 1.96. The van der Waals surface area contributed by atoms with Gasteiger partial charge in [0.15, 0.2) is 0 Å². The van der Waals surface area contributed by atoms with Gasteiger partial charge in [0.25, 0.3) is 5.91 Å². The first-order chi connectivity index (χ1) is 11.7. The molecule has 2 aliphatic heterocycles. The topological polar surface area (TPSA) is 53.6 Å². The van der Waals surface area contributed by atoms with Gasteiger partial charge in [0.1, 0.15) is 6.10 Å². The van der Waals surface area contributed by atoms with E-state index in [1.807, 2.05) is 12.1 Å². The van der Waals surface area contributed by atoms with E-state index in [0.29, 0.717) is 18.7 Å². The lowest BCUT2D eigenvalue weighted by Gasteiger charge is -2.20. The van der Waals surface area contributed by atoms with Gasteiger partial charge in [-0.25, -0.2) is 0 Å². The maximum Gasteiger partial charge on any atom is 0.253 e. The fourth-order valence-electron chi connectivity index (χ4n) is 3.97. The molecule has 5 nitrogen and oxygen atoms in total. The zero-order valence-corrected chi connectivity index (χ0v) is 14.3. The molecule has 1 amide bonds. The molecule has 0 aromatic heterocycles. The van der Waals surface area contributed by atoms with E-state index in [2.05, 4.69) is 34.6 Å². The van der Waals surface area contributed by atoms with Crippen LogP contribution in [0.4, 0.5) is 11.4 Å². The predicted molar refractivity (Wildman–Crippen MR) is 95.3 cm³/mol. The fourth-order valence-corrected chi connectivity index (χ4v) is 3.97. The number of likely N-dealkylation sites (tertiary alicyclic amines) is 1. The number of hydrogen-bond donors (Lipinski definition) is 2. The number of hydrogen-bond acceptors (Lipinski definition) is 4. The summed E-state index contributed by atoms with van der Waals surface area (Å²) >= 11 is 0. The summed E-state index contributed by atoms with van der Waals surface area (Å²) in [4.78, 5) is 14.7. The van der Waals surface area contributed by atoms with E-state index < -0.39 is 0 Å². The number of rotatable bonds is 5. The zero-order chi connectivity index (χ0) is 16.5. The van der Waals surface area contributed by atoms with E-state index in [1.54, 1.807) is 0 Å². The van der Waals surface area contributed by atoms with Crippen molar-refractivity contribution in [3.05, 3.63) is 24.3 Å². The van der Waals surface area contributed by atoms with E-state index in [1.165, 1.54) is 19.3 Å². The molecule has 4 rings (SSSR count). The van der Waals surface area contributed by atoms with Crippen LogP contribution in [0.1, 0.15) is 39.0 Å². The molecule has 3 fully saturated rings. The minimum atomic E-state index is -0.281. The third-order valence-corrected chi connectivity index (χ3v) is 5.38. The molecule has 2 N–H and O–H groups in total. The van der Waals surface area contributed by atoms with Crippen LogP contribution in [0.15, 0.2) is 24.3 Å². The van der Waals surface area contributed by atoms with Gasteiger partial charge in [-0.15, -0.1) is 0 Å². The quantitative estimate of drug-likeness (QED) is 0.872. The molecule has 1 aromatic rings. The number of amides is 1. The predicted octanol–water partition coefficient (Wildman–Crippen LogP) is 2.84. The largest absolute Gasteiger partial charge is 0.381 e. The highest BCUT2D eigenvalue weighted by molar-refractivity contribution is 5.94. The Morgan fingerprint density at radius 1 is 1.17 bits per heavy atom. The second-order valence-corrected chi connectivity index (χ2v) is 7.42. The first kappa shape index (κ1) is 15.9. The van der Waals surface area contributed by atoms with E-state index in [4.69, 9.17) is 4.74 Å². The van der Waals surface area contributed by atoms with Crippen LogP contribution < -0.4 is 10.6 Å². The fraction of sp³-hybridized carbons (Fsp3) is 0.632. The average molecular weight is 329 g/mol. The van der Waals surface area contributed by atoms with E-state index in [-0.39, 0.29) is 12.0 Å². The van der Waals surface area contributed by atoms with Gasteiger partial charge in [-0.1, -0.05) is 0 Å². The molecule has 1 aromatic carbocycles. The van der Waals surface area contributed by atoms with Crippen LogP contribution >= 0.6 is 0 Å². The molecule has 0 unspecified atom stereocenters. The summed E-state index contributed by atoms with van der Waals surface area (Å²) in [6.07, 6.45) is 5.46. The van der Waals surface area contributed by atoms with Gasteiger partial charge in [-0.2, -0.15) is 0 Å². The molecule has 2 saturated heterocycles. The molecule has 3 atom stereocenters. The Kier molecular flexibility index (Phi) is 4.46. The Bertz CT molecular complexity index is 579. The van der Waals surface area contributed by atoms with Crippen LogP contribution in [0.2, 0.25) is 0 Å². The van der Waals surface area contributed by atoms with Crippen molar-refractivity contribution in [2.45, 2.75) is 63.3 Å². The molecule has 2 heterocycles. The third-order valence-electron chi connectivity index (χ3n) is 5.38. The second kappa shape index (κ2) is 6.73. The molecule has 24 heavy (non-hydrogen) atoms. The minimum absolute atomic E-state index is 0.0297. The highest BCUT2D eigenvalue weighted by Crippen LogP contribution is 2.34. The summed E-state index contributed by atoms with van der Waals surface area (Å²) in [6.45, 7) is 4.17. The lowest BCUT2D eigenvalue weighted by molar-refractivity contribution is -0.124. The number of carbonyl (C=O) groups excluding carboxylic acids is 1. The summed E-state index contributed by atoms with van der Waals surface area (Å²) < 4.78 is 5.41. The Balaban J connectivity index is 1.30. The van der Waals surface area contributed by atoms with Crippen molar-refractivity contribution in [3.8, 4) is 0 Å². The van der Waals surface area contributed by atoms with Crippen molar-refractivity contribution in [2.75, 3.05) is 23.8 Å². The summed E-state index contributed by atoms with van der Waals surface area (Å²) in [7, 11) is 0. The van der Waals surface area contributed by atoms with Gasteiger partial charge < -0.3 is 15.4 Å². The lowest BCUT2D eigenvalue weighted by Crippen LogP contribution is -2.31. The summed E-state index contributed by atoms with van der Waals surface area (Å²) in [6, 6.07) is 10.1. The van der Waals surface area contributed by atoms with Crippen LogP contribution in [0, 0.1) is 0 Å². The average Bonchev–Trinajstić information content (AvgIpc) is 3.12. The number of ether oxygens (including phenoxy) is 1. The normalized spacial score (nSPS) is 30.5. The summed E-state index contributed by atoms with van der Waals surface area (Å²) in [5, 5.41) is 6.58. The molecular weight excluding hydrogens is 302 g/mol. The third kappa shape index (κ3) is 3.57. The van der Waals surface area contributed by atoms with Crippen molar-refractivity contribution < 1.29 is 9.53 Å².